The third-order valence-corrected chi connectivity index (χ3v) is 7.61. The van der Waals surface area contributed by atoms with Crippen molar-refractivity contribution in [2.24, 2.45) is 0 Å². The number of fused-ring (bicyclic) bond motifs is 2. The van der Waals surface area contributed by atoms with Crippen LogP contribution in [0, 0.1) is 0 Å². The molecule has 1 N–H and O–H groups in total. The monoisotopic (exact) mass is 457 g/mol. The molecule has 6 nitrogen and oxygen atoms in total. The van der Waals surface area contributed by atoms with Gasteiger partial charge in [0, 0.05) is 50.0 Å². The van der Waals surface area contributed by atoms with E-state index in [2.05, 4.69) is 41.4 Å². The first-order valence-electron chi connectivity index (χ1n) is 13.6. The number of nitrogens with one attached hydrogen (secondary N) is 1. The summed E-state index contributed by atoms with van der Waals surface area (Å²) in [6.45, 7) is 11.0. The normalized spacial score (nSPS) is 25.6. The third kappa shape index (κ3) is 7.74. The second kappa shape index (κ2) is 14.0. The van der Waals surface area contributed by atoms with Crippen molar-refractivity contribution in [1.29, 1.82) is 0 Å². The summed E-state index contributed by atoms with van der Waals surface area (Å²) in [4.78, 5) is 23.8. The predicted octanol–water partition coefficient (Wildman–Crippen LogP) is 4.94. The molecule has 1 aromatic heterocycles. The average molecular weight is 458 g/mol. The fourth-order valence-electron chi connectivity index (χ4n) is 5.58. The number of aromatic nitrogens is 2. The quantitative estimate of drug-likeness (QED) is 0.646. The Morgan fingerprint density at radius 1 is 0.939 bits per heavy atom. The highest BCUT2D eigenvalue weighted by molar-refractivity contribution is 5.48. The van der Waals surface area contributed by atoms with Gasteiger partial charge in [-0.15, -0.1) is 0 Å². The number of carbonyl (C=O) groups is 1. The van der Waals surface area contributed by atoms with Crippen LogP contribution in [0.1, 0.15) is 103 Å². The van der Waals surface area contributed by atoms with E-state index in [9.17, 15) is 4.79 Å². The minimum Gasteiger partial charge on any atom is -0.332 e. The lowest BCUT2D eigenvalue weighted by Crippen LogP contribution is -2.56. The molecule has 0 spiro atoms. The second-order valence-electron chi connectivity index (χ2n) is 10.4. The number of hydrogen-bond donors (Lipinski definition) is 1. The van der Waals surface area contributed by atoms with Gasteiger partial charge in [-0.3, -0.25) is 4.90 Å². The van der Waals surface area contributed by atoms with E-state index in [4.69, 9.17) is 9.97 Å². The highest BCUT2D eigenvalue weighted by Gasteiger charge is 2.41. The first-order chi connectivity index (χ1) is 16.1. The Morgan fingerprint density at radius 3 is 1.85 bits per heavy atom. The number of aldehydes is 1. The van der Waals surface area contributed by atoms with Crippen LogP contribution in [0.4, 0.5) is 5.95 Å². The van der Waals surface area contributed by atoms with Crippen LogP contribution in [-0.2, 0) is 4.79 Å². The summed E-state index contributed by atoms with van der Waals surface area (Å²) in [6, 6.07) is 1.84. The van der Waals surface area contributed by atoms with E-state index in [-0.39, 0.29) is 0 Å². The van der Waals surface area contributed by atoms with Crippen LogP contribution >= 0.6 is 0 Å². The molecule has 0 amide bonds. The van der Waals surface area contributed by atoms with E-state index in [0.29, 0.717) is 30.5 Å². The van der Waals surface area contributed by atoms with E-state index in [0.717, 1.165) is 38.4 Å². The van der Waals surface area contributed by atoms with Gasteiger partial charge in [-0.1, -0.05) is 45.4 Å². The van der Waals surface area contributed by atoms with E-state index in [1.807, 2.05) is 6.92 Å². The van der Waals surface area contributed by atoms with Gasteiger partial charge in [-0.25, -0.2) is 9.97 Å². The number of piperazine rings is 1. The molecule has 2 atom stereocenters. The SMILES string of the molecule is C1CCCCC1.CC(C)N1CC2CCC(C1)N2c1ncc(C2CCNCC2)cn1.CCC=O. The first kappa shape index (κ1) is 26.1. The fraction of sp³-hybridized carbons (Fsp3) is 0.815. The summed E-state index contributed by atoms with van der Waals surface area (Å²) in [5.74, 6) is 1.60. The molecule has 2 unspecified atom stereocenters. The molecule has 1 saturated carbocycles. The molecule has 33 heavy (non-hydrogen) atoms. The van der Waals surface area contributed by atoms with Gasteiger partial charge in [0.25, 0.3) is 0 Å². The predicted molar refractivity (Wildman–Crippen MR) is 137 cm³/mol. The van der Waals surface area contributed by atoms with Gasteiger partial charge >= 0.3 is 0 Å². The van der Waals surface area contributed by atoms with Gasteiger partial charge < -0.3 is 15.0 Å². The van der Waals surface area contributed by atoms with Crippen LogP contribution in [-0.4, -0.2) is 65.5 Å². The molecule has 3 aliphatic heterocycles. The van der Waals surface area contributed by atoms with Crippen molar-refractivity contribution < 1.29 is 4.79 Å². The van der Waals surface area contributed by atoms with Crippen molar-refractivity contribution in [1.82, 2.24) is 20.2 Å². The lowest BCUT2D eigenvalue weighted by Gasteiger charge is -2.42. The Kier molecular flexibility index (Phi) is 11.1. The molecule has 4 fully saturated rings. The molecule has 0 aromatic carbocycles. The largest absolute Gasteiger partial charge is 0.332 e. The van der Waals surface area contributed by atoms with Crippen molar-refractivity contribution in [2.45, 2.75) is 115 Å². The van der Waals surface area contributed by atoms with E-state index >= 15 is 0 Å². The van der Waals surface area contributed by atoms with Gasteiger partial charge in [0.05, 0.1) is 0 Å². The van der Waals surface area contributed by atoms with Gasteiger partial charge in [-0.05, 0) is 64.1 Å². The van der Waals surface area contributed by atoms with E-state index in [1.165, 1.54) is 69.8 Å². The van der Waals surface area contributed by atoms with Crippen LogP contribution < -0.4 is 10.2 Å². The maximum Gasteiger partial charge on any atom is 0.225 e. The van der Waals surface area contributed by atoms with Crippen LogP contribution in [0.2, 0.25) is 0 Å². The number of anilines is 1. The number of hydrogen-bond acceptors (Lipinski definition) is 6. The molecular weight excluding hydrogens is 410 g/mol. The Labute approximate surface area is 201 Å². The smallest absolute Gasteiger partial charge is 0.225 e. The Morgan fingerprint density at radius 2 is 1.42 bits per heavy atom. The van der Waals surface area contributed by atoms with Crippen LogP contribution in [0.25, 0.3) is 0 Å². The zero-order valence-corrected chi connectivity index (χ0v) is 21.3. The summed E-state index contributed by atoms with van der Waals surface area (Å²) in [6.07, 6.45) is 19.7. The van der Waals surface area contributed by atoms with E-state index in [1.54, 1.807) is 0 Å². The molecule has 2 bridgehead atoms. The Hall–Kier alpha value is -1.53. The fourth-order valence-corrected chi connectivity index (χ4v) is 5.58. The van der Waals surface area contributed by atoms with Gasteiger partial charge in [0.15, 0.2) is 0 Å². The van der Waals surface area contributed by atoms with Crippen molar-refractivity contribution >= 4 is 12.2 Å². The Balaban J connectivity index is 0.000000256. The topological polar surface area (TPSA) is 61.4 Å². The van der Waals surface area contributed by atoms with Crippen molar-refractivity contribution in [3.63, 3.8) is 0 Å². The zero-order valence-electron chi connectivity index (χ0n) is 21.3. The standard InChI is InChI=1S/C18H29N5.C6H12.C3H6O/c1-13(2)22-11-16-3-4-17(12-22)23(16)18-20-9-15(10-21-18)14-5-7-19-8-6-14;1-2-4-6-5-3-1;1-2-3-4/h9-10,13-14,16-17,19H,3-8,11-12H2,1-2H3;1-6H2;3H,2H2,1H3. The minimum atomic E-state index is 0.598. The van der Waals surface area contributed by atoms with Crippen molar-refractivity contribution in [3.05, 3.63) is 18.0 Å². The number of rotatable bonds is 4. The summed E-state index contributed by atoms with van der Waals surface area (Å²) >= 11 is 0. The first-order valence-corrected chi connectivity index (χ1v) is 13.6. The average Bonchev–Trinajstić information content (AvgIpc) is 3.14. The molecule has 0 radical (unpaired) electrons. The van der Waals surface area contributed by atoms with Crippen LogP contribution in [0.15, 0.2) is 12.4 Å². The molecule has 5 rings (SSSR count). The molecule has 186 valence electrons. The summed E-state index contributed by atoms with van der Waals surface area (Å²) < 4.78 is 0. The molecule has 6 heteroatoms. The van der Waals surface area contributed by atoms with Gasteiger partial charge in [-0.2, -0.15) is 0 Å². The highest BCUT2D eigenvalue weighted by Crippen LogP contribution is 2.34. The maximum atomic E-state index is 9.17. The molecule has 3 saturated heterocycles. The second-order valence-corrected chi connectivity index (χ2v) is 10.4. The molecule has 4 heterocycles. The molecular formula is C27H47N5O. The number of carbonyl (C=O) groups excluding carboxylic acids is 1. The van der Waals surface area contributed by atoms with E-state index < -0.39 is 0 Å². The van der Waals surface area contributed by atoms with Crippen LogP contribution in [0.3, 0.4) is 0 Å². The third-order valence-electron chi connectivity index (χ3n) is 7.61. The summed E-state index contributed by atoms with van der Waals surface area (Å²) in [5.41, 5.74) is 1.32. The lowest BCUT2D eigenvalue weighted by atomic mass is 9.92. The van der Waals surface area contributed by atoms with Gasteiger partial charge in [0.2, 0.25) is 5.95 Å². The van der Waals surface area contributed by atoms with Crippen molar-refractivity contribution in [3.8, 4) is 0 Å². The Bertz CT molecular complexity index is 644. The highest BCUT2D eigenvalue weighted by atomic mass is 16.1. The summed E-state index contributed by atoms with van der Waals surface area (Å²) in [5, 5.41) is 3.43. The number of piperidine rings is 1. The lowest BCUT2D eigenvalue weighted by molar-refractivity contribution is -0.107. The van der Waals surface area contributed by atoms with Crippen LogP contribution in [0.5, 0.6) is 0 Å². The molecule has 1 aromatic rings. The molecule has 4 aliphatic rings. The minimum absolute atomic E-state index is 0.598. The number of nitrogens with zero attached hydrogens (tertiary/aromatic N) is 4. The maximum absolute atomic E-state index is 9.17. The van der Waals surface area contributed by atoms with Crippen molar-refractivity contribution in [2.75, 3.05) is 31.1 Å². The zero-order chi connectivity index (χ0) is 23.5. The summed E-state index contributed by atoms with van der Waals surface area (Å²) in [7, 11) is 0. The molecule has 1 aliphatic carbocycles. The van der Waals surface area contributed by atoms with Gasteiger partial charge in [0.1, 0.15) is 6.29 Å². The number of likely N-dealkylation sites (tertiary alicyclic amines) is 1.